The summed E-state index contributed by atoms with van der Waals surface area (Å²) >= 11 is 0. The SMILES string of the molecule is Cc1ccc(C(=O)NCc2cc3nc(-c4cccc(N5C[C@@H](C)O[C@@H](C)C5)n4)ccc3cn2)cc1[S@@](=O)CCO. The van der Waals surface area contributed by atoms with E-state index < -0.39 is 10.8 Å². The summed E-state index contributed by atoms with van der Waals surface area (Å²) in [6, 6.07) is 16.8. The van der Waals surface area contributed by atoms with Crippen LogP contribution in [0, 0.1) is 6.92 Å². The van der Waals surface area contributed by atoms with Crippen molar-refractivity contribution in [3.63, 3.8) is 0 Å². The fraction of sp³-hybridized carbons (Fsp3) is 0.333. The minimum absolute atomic E-state index is 0.132. The van der Waals surface area contributed by atoms with Crippen LogP contribution in [0.25, 0.3) is 22.3 Å². The summed E-state index contributed by atoms with van der Waals surface area (Å²) in [5, 5.41) is 12.9. The summed E-state index contributed by atoms with van der Waals surface area (Å²) in [5.41, 5.74) is 4.19. The van der Waals surface area contributed by atoms with Crippen LogP contribution < -0.4 is 10.2 Å². The maximum absolute atomic E-state index is 12.8. The number of aliphatic hydroxyl groups is 1. The Kier molecular flexibility index (Phi) is 8.49. The Balaban J connectivity index is 1.32. The van der Waals surface area contributed by atoms with E-state index in [2.05, 4.69) is 29.0 Å². The molecule has 9 nitrogen and oxygen atoms in total. The molecular formula is C30H33N5O4S. The van der Waals surface area contributed by atoms with Crippen LogP contribution in [0.5, 0.6) is 0 Å². The molecule has 3 atom stereocenters. The van der Waals surface area contributed by atoms with Crippen molar-refractivity contribution in [1.82, 2.24) is 20.3 Å². The van der Waals surface area contributed by atoms with E-state index >= 15 is 0 Å². The predicted molar refractivity (Wildman–Crippen MR) is 156 cm³/mol. The number of pyridine rings is 3. The minimum Gasteiger partial charge on any atom is -0.395 e. The van der Waals surface area contributed by atoms with Gasteiger partial charge in [0.2, 0.25) is 0 Å². The van der Waals surface area contributed by atoms with E-state index in [1.807, 2.05) is 43.3 Å². The molecule has 4 aromatic rings. The van der Waals surface area contributed by atoms with Crippen molar-refractivity contribution in [2.24, 2.45) is 0 Å². The van der Waals surface area contributed by atoms with Gasteiger partial charge in [0.25, 0.3) is 5.91 Å². The quantitative estimate of drug-likeness (QED) is 0.336. The highest BCUT2D eigenvalue weighted by molar-refractivity contribution is 7.85. The molecule has 0 unspecified atom stereocenters. The Morgan fingerprint density at radius 2 is 1.85 bits per heavy atom. The largest absolute Gasteiger partial charge is 0.395 e. The Hall–Kier alpha value is -3.73. The third-order valence-electron chi connectivity index (χ3n) is 6.77. The third kappa shape index (κ3) is 6.35. The van der Waals surface area contributed by atoms with Gasteiger partial charge in [0.1, 0.15) is 5.82 Å². The number of nitrogens with one attached hydrogen (secondary N) is 1. The highest BCUT2D eigenvalue weighted by Gasteiger charge is 2.23. The van der Waals surface area contributed by atoms with E-state index in [4.69, 9.17) is 19.8 Å². The van der Waals surface area contributed by atoms with Crippen molar-refractivity contribution in [3.05, 3.63) is 77.6 Å². The first-order valence-corrected chi connectivity index (χ1v) is 14.6. The van der Waals surface area contributed by atoms with Gasteiger partial charge in [0, 0.05) is 35.1 Å². The van der Waals surface area contributed by atoms with Crippen molar-refractivity contribution in [2.45, 2.75) is 44.4 Å². The zero-order valence-corrected chi connectivity index (χ0v) is 23.6. The number of aliphatic hydroxyl groups excluding tert-OH is 1. The van der Waals surface area contributed by atoms with Crippen LogP contribution in [0.3, 0.4) is 0 Å². The molecule has 208 valence electrons. The molecule has 10 heteroatoms. The summed E-state index contributed by atoms with van der Waals surface area (Å²) < 4.78 is 18.3. The van der Waals surface area contributed by atoms with Gasteiger partial charge in [-0.3, -0.25) is 14.0 Å². The van der Waals surface area contributed by atoms with Gasteiger partial charge < -0.3 is 20.1 Å². The average molecular weight is 560 g/mol. The molecule has 40 heavy (non-hydrogen) atoms. The maximum atomic E-state index is 12.8. The Morgan fingerprint density at radius 3 is 2.62 bits per heavy atom. The molecular weight excluding hydrogens is 526 g/mol. The van der Waals surface area contributed by atoms with Crippen LogP contribution in [0.15, 0.2) is 65.7 Å². The summed E-state index contributed by atoms with van der Waals surface area (Å²) in [5.74, 6) is 0.741. The van der Waals surface area contributed by atoms with Crippen LogP contribution in [0.1, 0.15) is 35.5 Å². The van der Waals surface area contributed by atoms with Gasteiger partial charge in [-0.1, -0.05) is 12.1 Å². The predicted octanol–water partition coefficient (Wildman–Crippen LogP) is 3.64. The molecule has 1 fully saturated rings. The summed E-state index contributed by atoms with van der Waals surface area (Å²) in [7, 11) is -1.37. The van der Waals surface area contributed by atoms with E-state index in [0.717, 1.165) is 46.8 Å². The molecule has 4 heterocycles. The number of aromatic nitrogens is 3. The van der Waals surface area contributed by atoms with Gasteiger partial charge in [0.05, 0.1) is 64.5 Å². The van der Waals surface area contributed by atoms with E-state index in [1.54, 1.807) is 24.4 Å². The number of amides is 1. The zero-order chi connectivity index (χ0) is 28.2. The minimum atomic E-state index is -1.37. The van der Waals surface area contributed by atoms with Gasteiger partial charge in [0.15, 0.2) is 0 Å². The number of carbonyl (C=O) groups excluding carboxylic acids is 1. The number of rotatable bonds is 8. The first-order valence-electron chi connectivity index (χ1n) is 13.3. The lowest BCUT2D eigenvalue weighted by molar-refractivity contribution is -0.00545. The molecule has 0 bridgehead atoms. The Morgan fingerprint density at radius 1 is 1.07 bits per heavy atom. The van der Waals surface area contributed by atoms with Crippen LogP contribution in [0.4, 0.5) is 5.82 Å². The molecule has 1 saturated heterocycles. The standard InChI is InChI=1S/C30H33N5O4S/c1-19-7-8-22(13-28(19)40(38)12-11-36)30(37)32-16-24-14-27-23(15-31-24)9-10-26(33-27)25-5-4-6-29(34-25)35-17-20(2)39-21(3)18-35/h4-10,13-15,20-21,36H,11-12,16-18H2,1-3H3,(H,32,37)/t20-,21+,40-/m0/s1. The van der Waals surface area contributed by atoms with Crippen molar-refractivity contribution < 1.29 is 18.8 Å². The van der Waals surface area contributed by atoms with Crippen molar-refractivity contribution in [3.8, 4) is 11.4 Å². The molecule has 1 aliphatic heterocycles. The second-order valence-electron chi connectivity index (χ2n) is 10.0. The van der Waals surface area contributed by atoms with Gasteiger partial charge in [-0.2, -0.15) is 0 Å². The number of aryl methyl sites for hydroxylation is 1. The Labute approximate surface area is 236 Å². The van der Waals surface area contributed by atoms with E-state index in [-0.39, 0.29) is 37.0 Å². The second kappa shape index (κ2) is 12.2. The molecule has 2 N–H and O–H groups in total. The molecule has 1 amide bonds. The van der Waals surface area contributed by atoms with Crippen LogP contribution in [-0.2, 0) is 22.1 Å². The van der Waals surface area contributed by atoms with Crippen molar-refractivity contribution in [2.75, 3.05) is 30.3 Å². The number of benzene rings is 1. The first kappa shape index (κ1) is 27.8. The van der Waals surface area contributed by atoms with E-state index in [1.165, 1.54) is 0 Å². The van der Waals surface area contributed by atoms with Gasteiger partial charge in [-0.15, -0.1) is 0 Å². The van der Waals surface area contributed by atoms with Gasteiger partial charge in [-0.25, -0.2) is 9.97 Å². The lowest BCUT2D eigenvalue weighted by Gasteiger charge is -2.36. The van der Waals surface area contributed by atoms with Gasteiger partial charge in [-0.05, 0) is 68.8 Å². The zero-order valence-electron chi connectivity index (χ0n) is 22.8. The number of hydrogen-bond acceptors (Lipinski definition) is 8. The highest BCUT2D eigenvalue weighted by atomic mass is 32.2. The third-order valence-corrected chi connectivity index (χ3v) is 8.26. The molecule has 0 radical (unpaired) electrons. The smallest absolute Gasteiger partial charge is 0.251 e. The lowest BCUT2D eigenvalue weighted by Crippen LogP contribution is -2.45. The maximum Gasteiger partial charge on any atom is 0.251 e. The fourth-order valence-corrected chi connectivity index (χ4v) is 5.93. The van der Waals surface area contributed by atoms with Gasteiger partial charge >= 0.3 is 0 Å². The van der Waals surface area contributed by atoms with Crippen LogP contribution in [-0.4, -0.2) is 67.8 Å². The number of fused-ring (bicyclic) bond motifs is 1. The molecule has 0 saturated carbocycles. The lowest BCUT2D eigenvalue weighted by atomic mass is 10.1. The van der Waals surface area contributed by atoms with Crippen molar-refractivity contribution in [1.29, 1.82) is 0 Å². The number of anilines is 1. The van der Waals surface area contributed by atoms with E-state index in [9.17, 15) is 9.00 Å². The molecule has 1 aliphatic rings. The fourth-order valence-electron chi connectivity index (χ4n) is 4.86. The normalized spacial score (nSPS) is 18.1. The average Bonchev–Trinajstić information content (AvgIpc) is 2.95. The number of hydrogen-bond donors (Lipinski definition) is 2. The van der Waals surface area contributed by atoms with Crippen LogP contribution >= 0.6 is 0 Å². The monoisotopic (exact) mass is 559 g/mol. The molecule has 0 spiro atoms. The molecule has 3 aromatic heterocycles. The Bertz CT molecular complexity index is 1550. The van der Waals surface area contributed by atoms with Crippen molar-refractivity contribution >= 4 is 33.4 Å². The topological polar surface area (TPSA) is 118 Å². The number of nitrogens with zero attached hydrogens (tertiary/aromatic N) is 4. The molecule has 5 rings (SSSR count). The summed E-state index contributed by atoms with van der Waals surface area (Å²) in [4.78, 5) is 29.9. The van der Waals surface area contributed by atoms with Crippen LogP contribution in [0.2, 0.25) is 0 Å². The number of morpholine rings is 1. The molecule has 1 aromatic carbocycles. The highest BCUT2D eigenvalue weighted by Crippen LogP contribution is 2.24. The summed E-state index contributed by atoms with van der Waals surface area (Å²) in [6.45, 7) is 7.59. The van der Waals surface area contributed by atoms with E-state index in [0.29, 0.717) is 16.2 Å². The second-order valence-corrected chi connectivity index (χ2v) is 11.6. The number of ether oxygens (including phenoxy) is 1. The number of carbonyl (C=O) groups is 1. The summed E-state index contributed by atoms with van der Waals surface area (Å²) in [6.07, 6.45) is 2.03. The molecule has 0 aliphatic carbocycles. The first-order chi connectivity index (χ1) is 19.3.